The number of hydrogen-bond acceptors (Lipinski definition) is 3. The maximum Gasteiger partial charge on any atom is 0.228 e. The number of para-hydroxylation sites is 1. The van der Waals surface area contributed by atoms with Crippen LogP contribution in [0, 0.1) is 11.3 Å². The summed E-state index contributed by atoms with van der Waals surface area (Å²) in [7, 11) is 1.61. The number of nitriles is 1. The quantitative estimate of drug-likeness (QED) is 0.674. The summed E-state index contributed by atoms with van der Waals surface area (Å²) in [6.45, 7) is 1.50. The number of ether oxygens (including phenoxy) is 1. The zero-order valence-electron chi connectivity index (χ0n) is 13.5. The number of methoxy groups -OCH3 is 1. The van der Waals surface area contributed by atoms with Gasteiger partial charge < -0.3 is 4.74 Å². The Morgan fingerprint density at radius 1 is 1.17 bits per heavy atom. The summed E-state index contributed by atoms with van der Waals surface area (Å²) in [5.41, 5.74) is 2.71. The van der Waals surface area contributed by atoms with Crippen molar-refractivity contribution < 1.29 is 9.53 Å². The van der Waals surface area contributed by atoms with E-state index in [1.54, 1.807) is 17.8 Å². The van der Waals surface area contributed by atoms with Crippen molar-refractivity contribution in [2.24, 2.45) is 0 Å². The van der Waals surface area contributed by atoms with Crippen LogP contribution in [0.1, 0.15) is 23.0 Å². The molecule has 0 saturated heterocycles. The molecule has 2 aromatic carbocycles. The van der Waals surface area contributed by atoms with Gasteiger partial charge in [0.05, 0.1) is 23.9 Å². The number of aromatic nitrogens is 1. The number of carbonyl (C=O) groups excluding carboxylic acids is 1. The summed E-state index contributed by atoms with van der Waals surface area (Å²) >= 11 is 0. The third kappa shape index (κ3) is 2.80. The lowest BCUT2D eigenvalue weighted by Gasteiger charge is -2.06. The zero-order chi connectivity index (χ0) is 17.1. The van der Waals surface area contributed by atoms with Crippen LogP contribution in [-0.4, -0.2) is 17.6 Å². The Morgan fingerprint density at radius 2 is 1.88 bits per heavy atom. The highest BCUT2D eigenvalue weighted by atomic mass is 16.5. The molecule has 4 nitrogen and oxygen atoms in total. The van der Waals surface area contributed by atoms with Gasteiger partial charge in [-0.2, -0.15) is 5.26 Å². The van der Waals surface area contributed by atoms with E-state index in [1.165, 1.54) is 6.92 Å². The molecule has 0 fully saturated rings. The van der Waals surface area contributed by atoms with E-state index in [1.807, 2.05) is 54.6 Å². The van der Waals surface area contributed by atoms with Gasteiger partial charge in [-0.05, 0) is 35.9 Å². The summed E-state index contributed by atoms with van der Waals surface area (Å²) in [6.07, 6.45) is 1.77. The molecule has 118 valence electrons. The van der Waals surface area contributed by atoms with Crippen LogP contribution in [0.3, 0.4) is 0 Å². The Balaban J connectivity index is 2.15. The molecule has 0 amide bonds. The van der Waals surface area contributed by atoms with Crippen LogP contribution in [-0.2, 0) is 0 Å². The molecule has 0 atom stereocenters. The molecule has 1 aromatic heterocycles. The highest BCUT2D eigenvalue weighted by Gasteiger charge is 2.15. The Labute approximate surface area is 140 Å². The fraction of sp³-hybridized carbons (Fsp3) is 0.100. The van der Waals surface area contributed by atoms with Crippen LogP contribution in [0.4, 0.5) is 0 Å². The largest absolute Gasteiger partial charge is 0.497 e. The smallest absolute Gasteiger partial charge is 0.228 e. The lowest BCUT2D eigenvalue weighted by atomic mass is 10.1. The van der Waals surface area contributed by atoms with Gasteiger partial charge in [0, 0.05) is 12.3 Å². The number of rotatable bonds is 3. The van der Waals surface area contributed by atoms with Gasteiger partial charge in [-0.15, -0.1) is 0 Å². The van der Waals surface area contributed by atoms with E-state index in [2.05, 4.69) is 6.07 Å². The number of benzene rings is 2. The van der Waals surface area contributed by atoms with Crippen molar-refractivity contribution in [1.82, 2.24) is 4.57 Å². The standard InChI is InChI=1S/C20H16N2O2/c1-14(23)22-19-6-4-3-5-16(19)12-20(22)17(13-21)11-15-7-9-18(24-2)10-8-15/h3-12H,1-2H3/b17-11+. The highest BCUT2D eigenvalue weighted by Crippen LogP contribution is 2.26. The topological polar surface area (TPSA) is 55.0 Å². The molecule has 0 unspecified atom stereocenters. The van der Waals surface area contributed by atoms with Crippen molar-refractivity contribution in [1.29, 1.82) is 5.26 Å². The second kappa shape index (κ2) is 6.43. The molecule has 0 spiro atoms. The first-order chi connectivity index (χ1) is 11.6. The Hall–Kier alpha value is -3.32. The first-order valence-corrected chi connectivity index (χ1v) is 7.51. The molecular formula is C20H16N2O2. The molecule has 4 heteroatoms. The van der Waals surface area contributed by atoms with Crippen LogP contribution in [0.25, 0.3) is 22.6 Å². The van der Waals surface area contributed by atoms with E-state index in [9.17, 15) is 10.1 Å². The van der Waals surface area contributed by atoms with Crippen molar-refractivity contribution >= 4 is 28.5 Å². The number of hydrogen-bond donors (Lipinski definition) is 0. The third-order valence-electron chi connectivity index (χ3n) is 3.85. The summed E-state index contributed by atoms with van der Waals surface area (Å²) in [4.78, 5) is 12.1. The van der Waals surface area contributed by atoms with Crippen LogP contribution in [0.5, 0.6) is 5.75 Å². The molecule has 3 aromatic rings. The maximum atomic E-state index is 12.1. The lowest BCUT2D eigenvalue weighted by molar-refractivity contribution is 0.0941. The minimum atomic E-state index is -0.123. The fourth-order valence-electron chi connectivity index (χ4n) is 2.72. The molecule has 0 N–H and O–H groups in total. The molecule has 0 bridgehead atoms. The Kier molecular flexibility index (Phi) is 4.17. The van der Waals surface area contributed by atoms with Crippen LogP contribution < -0.4 is 4.74 Å². The van der Waals surface area contributed by atoms with Gasteiger partial charge >= 0.3 is 0 Å². The second-order valence-electron chi connectivity index (χ2n) is 5.39. The molecule has 0 aliphatic rings. The van der Waals surface area contributed by atoms with Gasteiger partial charge in [-0.1, -0.05) is 30.3 Å². The molecule has 0 radical (unpaired) electrons. The highest BCUT2D eigenvalue weighted by molar-refractivity contribution is 6.00. The van der Waals surface area contributed by atoms with Crippen molar-refractivity contribution in [2.75, 3.05) is 7.11 Å². The van der Waals surface area contributed by atoms with Crippen LogP contribution in [0.2, 0.25) is 0 Å². The van der Waals surface area contributed by atoms with Crippen molar-refractivity contribution in [3.8, 4) is 11.8 Å². The molecule has 0 aliphatic heterocycles. The zero-order valence-corrected chi connectivity index (χ0v) is 13.5. The average Bonchev–Trinajstić information content (AvgIpc) is 2.99. The number of allylic oxidation sites excluding steroid dienone is 1. The van der Waals surface area contributed by atoms with E-state index in [-0.39, 0.29) is 5.91 Å². The third-order valence-corrected chi connectivity index (χ3v) is 3.85. The Morgan fingerprint density at radius 3 is 2.50 bits per heavy atom. The SMILES string of the molecule is COc1ccc(/C=C(\C#N)c2cc3ccccc3n2C(C)=O)cc1. The predicted octanol–water partition coefficient (Wildman–Crippen LogP) is 4.37. The first-order valence-electron chi connectivity index (χ1n) is 7.51. The minimum absolute atomic E-state index is 0.123. The summed E-state index contributed by atoms with van der Waals surface area (Å²) in [5.74, 6) is 0.630. The summed E-state index contributed by atoms with van der Waals surface area (Å²) in [5, 5.41) is 10.5. The molecule has 24 heavy (non-hydrogen) atoms. The van der Waals surface area contributed by atoms with Gasteiger partial charge in [-0.3, -0.25) is 9.36 Å². The van der Waals surface area contributed by atoms with Gasteiger partial charge in [0.2, 0.25) is 5.91 Å². The fourth-order valence-corrected chi connectivity index (χ4v) is 2.72. The lowest BCUT2D eigenvalue weighted by Crippen LogP contribution is -2.08. The molecule has 1 heterocycles. The normalized spacial score (nSPS) is 11.3. The van der Waals surface area contributed by atoms with Crippen molar-refractivity contribution in [3.63, 3.8) is 0 Å². The van der Waals surface area contributed by atoms with Crippen molar-refractivity contribution in [2.45, 2.75) is 6.92 Å². The van der Waals surface area contributed by atoms with E-state index in [0.29, 0.717) is 11.3 Å². The van der Waals surface area contributed by atoms with E-state index < -0.39 is 0 Å². The van der Waals surface area contributed by atoms with Gasteiger partial charge in [-0.25, -0.2) is 0 Å². The molecular weight excluding hydrogens is 300 g/mol. The predicted molar refractivity (Wildman–Crippen MR) is 94.7 cm³/mol. The van der Waals surface area contributed by atoms with Gasteiger partial charge in [0.15, 0.2) is 0 Å². The van der Waals surface area contributed by atoms with Crippen LogP contribution >= 0.6 is 0 Å². The summed E-state index contributed by atoms with van der Waals surface area (Å²) in [6, 6.07) is 19.1. The Bertz CT molecular complexity index is 973. The van der Waals surface area contributed by atoms with E-state index >= 15 is 0 Å². The number of carbonyl (C=O) groups is 1. The monoisotopic (exact) mass is 316 g/mol. The van der Waals surface area contributed by atoms with Crippen molar-refractivity contribution in [3.05, 3.63) is 65.9 Å². The average molecular weight is 316 g/mol. The molecule has 3 rings (SSSR count). The first kappa shape index (κ1) is 15.6. The maximum absolute atomic E-state index is 12.1. The molecule has 0 saturated carbocycles. The number of fused-ring (bicyclic) bond motifs is 1. The second-order valence-corrected chi connectivity index (χ2v) is 5.39. The van der Waals surface area contributed by atoms with Gasteiger partial charge in [0.1, 0.15) is 11.8 Å². The minimum Gasteiger partial charge on any atom is -0.497 e. The van der Waals surface area contributed by atoms with E-state index in [4.69, 9.17) is 4.74 Å². The summed E-state index contributed by atoms with van der Waals surface area (Å²) < 4.78 is 6.72. The molecule has 0 aliphatic carbocycles. The number of nitrogens with zero attached hydrogens (tertiary/aromatic N) is 2. The van der Waals surface area contributed by atoms with Crippen LogP contribution in [0.15, 0.2) is 54.6 Å². The van der Waals surface area contributed by atoms with Gasteiger partial charge in [0.25, 0.3) is 0 Å². The van der Waals surface area contributed by atoms with E-state index in [0.717, 1.165) is 22.2 Å².